The topological polar surface area (TPSA) is 72.0 Å². The summed E-state index contributed by atoms with van der Waals surface area (Å²) in [6, 6.07) is 0. The van der Waals surface area contributed by atoms with Gasteiger partial charge in [0, 0.05) is 12.4 Å². The summed E-state index contributed by atoms with van der Waals surface area (Å²) in [6.07, 6.45) is 4.67. The van der Waals surface area contributed by atoms with E-state index in [-0.39, 0.29) is 6.61 Å². The van der Waals surface area contributed by atoms with E-state index in [1.54, 1.807) is 25.5 Å². The van der Waals surface area contributed by atoms with Crippen molar-refractivity contribution in [2.45, 2.75) is 12.5 Å². The first-order valence-electron chi connectivity index (χ1n) is 3.33. The molecule has 11 heavy (non-hydrogen) atoms. The second-order valence-corrected chi connectivity index (χ2v) is 2.67. The Kier molecular flexibility index (Phi) is 2.16. The Morgan fingerprint density at radius 2 is 2.36 bits per heavy atom. The van der Waals surface area contributed by atoms with E-state index in [2.05, 4.69) is 9.97 Å². The fourth-order valence-electron chi connectivity index (χ4n) is 0.675. The molecular formula is C7H11N3O. The molecule has 1 heterocycles. The Labute approximate surface area is 65.1 Å². The van der Waals surface area contributed by atoms with E-state index in [1.807, 2.05) is 0 Å². The van der Waals surface area contributed by atoms with Crippen LogP contribution in [0.2, 0.25) is 0 Å². The van der Waals surface area contributed by atoms with Gasteiger partial charge < -0.3 is 10.8 Å². The van der Waals surface area contributed by atoms with Crippen molar-refractivity contribution in [2.24, 2.45) is 5.73 Å². The molecule has 0 bridgehead atoms. The second kappa shape index (κ2) is 2.94. The van der Waals surface area contributed by atoms with Gasteiger partial charge in [0.2, 0.25) is 0 Å². The van der Waals surface area contributed by atoms with E-state index in [0.717, 1.165) is 0 Å². The van der Waals surface area contributed by atoms with Crippen LogP contribution < -0.4 is 5.73 Å². The third-order valence-electron chi connectivity index (χ3n) is 1.48. The van der Waals surface area contributed by atoms with Gasteiger partial charge in [-0.2, -0.15) is 0 Å². The Balaban J connectivity index is 2.93. The van der Waals surface area contributed by atoms with Crippen LogP contribution >= 0.6 is 0 Å². The van der Waals surface area contributed by atoms with Gasteiger partial charge in [-0.25, -0.2) is 0 Å². The molecule has 3 N–H and O–H groups in total. The van der Waals surface area contributed by atoms with E-state index in [4.69, 9.17) is 10.8 Å². The number of hydrogen-bond donors (Lipinski definition) is 2. The van der Waals surface area contributed by atoms with Gasteiger partial charge in [-0.3, -0.25) is 9.97 Å². The fraction of sp³-hybridized carbons (Fsp3) is 0.429. The van der Waals surface area contributed by atoms with Crippen LogP contribution in [0.25, 0.3) is 0 Å². The highest BCUT2D eigenvalue weighted by molar-refractivity contribution is 5.08. The number of aromatic nitrogens is 2. The van der Waals surface area contributed by atoms with E-state index in [1.165, 1.54) is 0 Å². The standard InChI is InChI=1S/C7H11N3O/c1-7(8,5-11)6-4-9-2-3-10-6/h2-4,11H,5,8H2,1H3/t7-/m0/s1. The molecule has 4 heteroatoms. The van der Waals surface area contributed by atoms with Gasteiger partial charge in [0.05, 0.1) is 24.0 Å². The number of nitrogens with two attached hydrogens (primary N) is 1. The molecule has 0 fully saturated rings. The van der Waals surface area contributed by atoms with Crippen molar-refractivity contribution >= 4 is 0 Å². The van der Waals surface area contributed by atoms with Crippen molar-refractivity contribution in [3.63, 3.8) is 0 Å². The zero-order chi connectivity index (χ0) is 8.32. The molecule has 0 aromatic carbocycles. The van der Waals surface area contributed by atoms with Gasteiger partial charge in [-0.05, 0) is 6.92 Å². The zero-order valence-corrected chi connectivity index (χ0v) is 6.36. The highest BCUT2D eigenvalue weighted by Gasteiger charge is 2.21. The Morgan fingerprint density at radius 3 is 2.82 bits per heavy atom. The molecule has 4 nitrogen and oxygen atoms in total. The maximum absolute atomic E-state index is 8.85. The number of nitrogens with zero attached hydrogens (tertiary/aromatic N) is 2. The molecule has 0 radical (unpaired) electrons. The minimum absolute atomic E-state index is 0.133. The molecule has 0 aliphatic rings. The van der Waals surface area contributed by atoms with Gasteiger partial charge in [0.25, 0.3) is 0 Å². The second-order valence-electron chi connectivity index (χ2n) is 2.67. The smallest absolute Gasteiger partial charge is 0.0805 e. The molecule has 0 aliphatic heterocycles. The first-order chi connectivity index (χ1) is 5.17. The Hall–Kier alpha value is -1.00. The molecule has 0 saturated heterocycles. The molecule has 1 aromatic heterocycles. The van der Waals surface area contributed by atoms with Crippen LogP contribution in [0.15, 0.2) is 18.6 Å². The van der Waals surface area contributed by atoms with Gasteiger partial charge in [-0.15, -0.1) is 0 Å². The van der Waals surface area contributed by atoms with Gasteiger partial charge in [0.15, 0.2) is 0 Å². The van der Waals surface area contributed by atoms with Crippen LogP contribution in [-0.4, -0.2) is 21.7 Å². The van der Waals surface area contributed by atoms with Crippen molar-refractivity contribution in [1.29, 1.82) is 0 Å². The largest absolute Gasteiger partial charge is 0.394 e. The van der Waals surface area contributed by atoms with Crippen LogP contribution in [0.1, 0.15) is 12.6 Å². The summed E-state index contributed by atoms with van der Waals surface area (Å²) >= 11 is 0. The summed E-state index contributed by atoms with van der Waals surface area (Å²) in [5, 5.41) is 8.85. The van der Waals surface area contributed by atoms with Crippen LogP contribution in [0.4, 0.5) is 0 Å². The Morgan fingerprint density at radius 1 is 1.64 bits per heavy atom. The van der Waals surface area contributed by atoms with Crippen LogP contribution in [0.5, 0.6) is 0 Å². The van der Waals surface area contributed by atoms with E-state index < -0.39 is 5.54 Å². The molecule has 1 atom stereocenters. The minimum atomic E-state index is -0.783. The van der Waals surface area contributed by atoms with Crippen LogP contribution in [0, 0.1) is 0 Å². The molecule has 0 unspecified atom stereocenters. The first kappa shape index (κ1) is 8.10. The summed E-state index contributed by atoms with van der Waals surface area (Å²) in [5.41, 5.74) is 5.50. The maximum Gasteiger partial charge on any atom is 0.0805 e. The average Bonchev–Trinajstić information content (AvgIpc) is 2.06. The lowest BCUT2D eigenvalue weighted by Crippen LogP contribution is -2.37. The average molecular weight is 153 g/mol. The van der Waals surface area contributed by atoms with Crippen LogP contribution in [0.3, 0.4) is 0 Å². The first-order valence-corrected chi connectivity index (χ1v) is 3.33. The lowest BCUT2D eigenvalue weighted by molar-refractivity contribution is 0.206. The summed E-state index contributed by atoms with van der Waals surface area (Å²) in [4.78, 5) is 7.82. The molecule has 1 rings (SSSR count). The normalized spacial score (nSPS) is 15.9. The number of rotatable bonds is 2. The predicted molar refractivity (Wildman–Crippen MR) is 40.7 cm³/mol. The molecule has 0 aliphatic carbocycles. The maximum atomic E-state index is 8.85. The summed E-state index contributed by atoms with van der Waals surface area (Å²) in [5.74, 6) is 0. The third-order valence-corrected chi connectivity index (χ3v) is 1.48. The SMILES string of the molecule is C[C@](N)(CO)c1cnccn1. The molecular weight excluding hydrogens is 142 g/mol. The van der Waals surface area contributed by atoms with Crippen molar-refractivity contribution in [1.82, 2.24) is 9.97 Å². The molecule has 0 amide bonds. The quantitative estimate of drug-likeness (QED) is 0.608. The van der Waals surface area contributed by atoms with Crippen molar-refractivity contribution in [3.05, 3.63) is 24.3 Å². The van der Waals surface area contributed by atoms with Crippen molar-refractivity contribution < 1.29 is 5.11 Å². The van der Waals surface area contributed by atoms with Crippen molar-refractivity contribution in [3.8, 4) is 0 Å². The highest BCUT2D eigenvalue weighted by atomic mass is 16.3. The fourth-order valence-corrected chi connectivity index (χ4v) is 0.675. The number of aliphatic hydroxyl groups excluding tert-OH is 1. The molecule has 0 saturated carbocycles. The van der Waals surface area contributed by atoms with Crippen LogP contribution in [-0.2, 0) is 5.54 Å². The van der Waals surface area contributed by atoms with E-state index in [0.29, 0.717) is 5.69 Å². The molecule has 60 valence electrons. The zero-order valence-electron chi connectivity index (χ0n) is 6.36. The minimum Gasteiger partial charge on any atom is -0.394 e. The van der Waals surface area contributed by atoms with Gasteiger partial charge >= 0.3 is 0 Å². The Bertz CT molecular complexity index is 222. The van der Waals surface area contributed by atoms with E-state index in [9.17, 15) is 0 Å². The summed E-state index contributed by atoms with van der Waals surface area (Å²) < 4.78 is 0. The van der Waals surface area contributed by atoms with Gasteiger partial charge in [-0.1, -0.05) is 0 Å². The monoisotopic (exact) mass is 153 g/mol. The summed E-state index contributed by atoms with van der Waals surface area (Å²) in [6.45, 7) is 1.57. The number of aliphatic hydroxyl groups is 1. The molecule has 0 spiro atoms. The van der Waals surface area contributed by atoms with Gasteiger partial charge in [0.1, 0.15) is 0 Å². The lowest BCUT2D eigenvalue weighted by Gasteiger charge is -2.19. The third kappa shape index (κ3) is 1.72. The lowest BCUT2D eigenvalue weighted by atomic mass is 10.0. The predicted octanol–water partition coefficient (Wildman–Crippen LogP) is -0.357. The number of hydrogen-bond acceptors (Lipinski definition) is 4. The molecule has 1 aromatic rings. The van der Waals surface area contributed by atoms with Crippen molar-refractivity contribution in [2.75, 3.05) is 6.61 Å². The highest BCUT2D eigenvalue weighted by Crippen LogP contribution is 2.11. The summed E-state index contributed by atoms with van der Waals surface area (Å²) in [7, 11) is 0. The van der Waals surface area contributed by atoms with E-state index >= 15 is 0 Å².